The van der Waals surface area contributed by atoms with Crippen molar-refractivity contribution in [3.63, 3.8) is 0 Å². The normalized spacial score (nSPS) is 33.1. The molecule has 3 atom stereocenters. The van der Waals surface area contributed by atoms with Crippen molar-refractivity contribution in [1.29, 1.82) is 0 Å². The highest BCUT2D eigenvalue weighted by Crippen LogP contribution is 2.31. The van der Waals surface area contributed by atoms with Crippen LogP contribution in [-0.2, 0) is 9.53 Å². The number of benzene rings is 1. The summed E-state index contributed by atoms with van der Waals surface area (Å²) in [5.74, 6) is 0.267. The van der Waals surface area contributed by atoms with Gasteiger partial charge in [0.05, 0.1) is 18.1 Å². The summed E-state index contributed by atoms with van der Waals surface area (Å²) >= 11 is 0. The molecule has 4 heteroatoms. The molecule has 0 unspecified atom stereocenters. The van der Waals surface area contributed by atoms with Crippen molar-refractivity contribution in [2.75, 3.05) is 26.2 Å². The van der Waals surface area contributed by atoms with Gasteiger partial charge in [-0.3, -0.25) is 4.79 Å². The van der Waals surface area contributed by atoms with Gasteiger partial charge in [0.2, 0.25) is 5.91 Å². The third kappa shape index (κ3) is 2.97. The number of ether oxygens (including phenoxy) is 1. The Morgan fingerprint density at radius 1 is 1.33 bits per heavy atom. The number of nitrogens with one attached hydrogen (secondary N) is 1. The van der Waals surface area contributed by atoms with E-state index < -0.39 is 0 Å². The summed E-state index contributed by atoms with van der Waals surface area (Å²) in [6.45, 7) is 7.19. The lowest BCUT2D eigenvalue weighted by molar-refractivity contribution is -0.153. The van der Waals surface area contributed by atoms with E-state index in [4.69, 9.17) is 4.74 Å². The van der Waals surface area contributed by atoms with Crippen molar-refractivity contribution in [3.05, 3.63) is 35.9 Å². The zero-order valence-corrected chi connectivity index (χ0v) is 12.8. The molecule has 2 aliphatic rings. The van der Waals surface area contributed by atoms with Crippen molar-refractivity contribution in [2.45, 2.75) is 32.5 Å². The van der Waals surface area contributed by atoms with Gasteiger partial charge in [0.25, 0.3) is 0 Å². The monoisotopic (exact) mass is 288 g/mol. The third-order valence-corrected chi connectivity index (χ3v) is 4.60. The molecule has 1 aromatic rings. The van der Waals surface area contributed by atoms with E-state index in [-0.39, 0.29) is 23.5 Å². The standard InChI is InChI=1S/C17H24N2O2/c1-13-10-19(16(20)17(2)8-9-18-12-17)11-15(21-13)14-6-4-3-5-7-14/h3-7,13,15,18H,8-12H2,1-2H3/t13-,15-,17-/m1/s1. The Bertz CT molecular complexity index is 497. The van der Waals surface area contributed by atoms with Gasteiger partial charge in [0.15, 0.2) is 0 Å². The van der Waals surface area contributed by atoms with Crippen molar-refractivity contribution >= 4 is 5.91 Å². The molecule has 2 aliphatic heterocycles. The van der Waals surface area contributed by atoms with Crippen LogP contribution in [0.2, 0.25) is 0 Å². The molecular weight excluding hydrogens is 264 g/mol. The number of carbonyl (C=O) groups excluding carboxylic acids is 1. The van der Waals surface area contributed by atoms with Crippen LogP contribution in [0.25, 0.3) is 0 Å². The Morgan fingerprint density at radius 2 is 2.10 bits per heavy atom. The van der Waals surface area contributed by atoms with Crippen LogP contribution < -0.4 is 5.32 Å². The van der Waals surface area contributed by atoms with Crippen LogP contribution in [0.1, 0.15) is 31.9 Å². The highest BCUT2D eigenvalue weighted by Gasteiger charge is 2.41. The van der Waals surface area contributed by atoms with Crippen LogP contribution in [-0.4, -0.2) is 43.1 Å². The second-order valence-electron chi connectivity index (χ2n) is 6.54. The number of hydrogen-bond acceptors (Lipinski definition) is 3. The molecule has 2 saturated heterocycles. The molecular formula is C17H24N2O2. The van der Waals surface area contributed by atoms with Crippen molar-refractivity contribution < 1.29 is 9.53 Å². The first-order valence-corrected chi connectivity index (χ1v) is 7.79. The molecule has 0 radical (unpaired) electrons. The quantitative estimate of drug-likeness (QED) is 0.904. The van der Waals surface area contributed by atoms with E-state index in [9.17, 15) is 4.79 Å². The van der Waals surface area contributed by atoms with E-state index >= 15 is 0 Å². The lowest BCUT2D eigenvalue weighted by atomic mass is 9.87. The van der Waals surface area contributed by atoms with Crippen LogP contribution >= 0.6 is 0 Å². The van der Waals surface area contributed by atoms with Crippen molar-refractivity contribution in [1.82, 2.24) is 10.2 Å². The van der Waals surface area contributed by atoms with Crippen LogP contribution in [0, 0.1) is 5.41 Å². The van der Waals surface area contributed by atoms with Crippen LogP contribution in [0.4, 0.5) is 0 Å². The van der Waals surface area contributed by atoms with Crippen LogP contribution in [0.3, 0.4) is 0 Å². The van der Waals surface area contributed by atoms with E-state index in [1.54, 1.807) is 0 Å². The average molecular weight is 288 g/mol. The fourth-order valence-corrected chi connectivity index (χ4v) is 3.35. The largest absolute Gasteiger partial charge is 0.367 e. The molecule has 0 spiro atoms. The van der Waals surface area contributed by atoms with Crippen LogP contribution in [0.5, 0.6) is 0 Å². The molecule has 114 valence electrons. The lowest BCUT2D eigenvalue weighted by Crippen LogP contribution is -2.51. The minimum Gasteiger partial charge on any atom is -0.367 e. The first-order valence-electron chi connectivity index (χ1n) is 7.79. The van der Waals surface area contributed by atoms with Crippen molar-refractivity contribution in [3.8, 4) is 0 Å². The summed E-state index contributed by atoms with van der Waals surface area (Å²) < 4.78 is 6.04. The van der Waals surface area contributed by atoms with E-state index in [1.165, 1.54) is 0 Å². The Balaban J connectivity index is 1.75. The molecule has 0 aromatic heterocycles. The Morgan fingerprint density at radius 3 is 2.76 bits per heavy atom. The fourth-order valence-electron chi connectivity index (χ4n) is 3.35. The first kappa shape index (κ1) is 14.5. The fraction of sp³-hybridized carbons (Fsp3) is 0.588. The summed E-state index contributed by atoms with van der Waals surface area (Å²) in [5, 5.41) is 3.31. The second-order valence-corrected chi connectivity index (χ2v) is 6.54. The predicted octanol–water partition coefficient (Wildman–Crippen LogP) is 1.97. The second kappa shape index (κ2) is 5.78. The number of amides is 1. The number of rotatable bonds is 2. The maximum atomic E-state index is 12.9. The Labute approximate surface area is 126 Å². The van der Waals surface area contributed by atoms with Gasteiger partial charge in [-0.1, -0.05) is 30.3 Å². The maximum absolute atomic E-state index is 12.9. The summed E-state index contributed by atoms with van der Waals surface area (Å²) in [5.41, 5.74) is 0.898. The molecule has 2 fully saturated rings. The van der Waals surface area contributed by atoms with Gasteiger partial charge in [-0.2, -0.15) is 0 Å². The highest BCUT2D eigenvalue weighted by molar-refractivity contribution is 5.83. The third-order valence-electron chi connectivity index (χ3n) is 4.60. The van der Waals surface area contributed by atoms with Gasteiger partial charge in [-0.25, -0.2) is 0 Å². The zero-order chi connectivity index (χ0) is 14.9. The van der Waals surface area contributed by atoms with Crippen molar-refractivity contribution in [2.24, 2.45) is 5.41 Å². The summed E-state index contributed by atoms with van der Waals surface area (Å²) in [7, 11) is 0. The van der Waals surface area contributed by atoms with E-state index in [2.05, 4.69) is 24.4 Å². The molecule has 2 heterocycles. The van der Waals surface area contributed by atoms with Gasteiger partial charge in [0, 0.05) is 13.1 Å². The molecule has 0 bridgehead atoms. The van der Waals surface area contributed by atoms with E-state index in [1.807, 2.05) is 30.0 Å². The lowest BCUT2D eigenvalue weighted by Gasteiger charge is -2.40. The molecule has 1 amide bonds. The first-order chi connectivity index (χ1) is 10.1. The molecule has 4 nitrogen and oxygen atoms in total. The number of hydrogen-bond donors (Lipinski definition) is 1. The topological polar surface area (TPSA) is 41.6 Å². The van der Waals surface area contributed by atoms with Crippen LogP contribution in [0.15, 0.2) is 30.3 Å². The maximum Gasteiger partial charge on any atom is 0.230 e. The number of nitrogens with zero attached hydrogens (tertiary/aromatic N) is 1. The molecule has 21 heavy (non-hydrogen) atoms. The molecule has 0 saturated carbocycles. The molecule has 1 N–H and O–H groups in total. The predicted molar refractivity (Wildman–Crippen MR) is 81.9 cm³/mol. The Hall–Kier alpha value is -1.39. The summed E-state index contributed by atoms with van der Waals surface area (Å²) in [6.07, 6.45) is 0.982. The zero-order valence-electron chi connectivity index (χ0n) is 12.8. The minimum atomic E-state index is -0.252. The minimum absolute atomic E-state index is 0.0168. The highest BCUT2D eigenvalue weighted by atomic mass is 16.5. The molecule has 0 aliphatic carbocycles. The molecule has 1 aromatic carbocycles. The summed E-state index contributed by atoms with van der Waals surface area (Å²) in [6, 6.07) is 10.2. The smallest absolute Gasteiger partial charge is 0.230 e. The average Bonchev–Trinajstić information content (AvgIpc) is 2.95. The Kier molecular flexibility index (Phi) is 4.00. The number of morpholine rings is 1. The van der Waals surface area contributed by atoms with Gasteiger partial charge in [0.1, 0.15) is 6.10 Å². The van der Waals surface area contributed by atoms with E-state index in [0.29, 0.717) is 13.1 Å². The summed E-state index contributed by atoms with van der Waals surface area (Å²) in [4.78, 5) is 14.9. The van der Waals surface area contributed by atoms with Gasteiger partial charge >= 0.3 is 0 Å². The van der Waals surface area contributed by atoms with Gasteiger partial charge in [-0.15, -0.1) is 0 Å². The van der Waals surface area contributed by atoms with Gasteiger partial charge < -0.3 is 15.0 Å². The molecule has 3 rings (SSSR count). The number of carbonyl (C=O) groups is 1. The SMILES string of the molecule is C[C@@H]1CN(C(=O)[C@]2(C)CCNC2)C[C@H](c2ccccc2)O1. The van der Waals surface area contributed by atoms with E-state index in [0.717, 1.165) is 25.1 Å². The van der Waals surface area contributed by atoms with Gasteiger partial charge in [-0.05, 0) is 32.4 Å².